The molecule has 0 aliphatic carbocycles. The van der Waals surface area contributed by atoms with E-state index in [2.05, 4.69) is 15.3 Å². The van der Waals surface area contributed by atoms with Crippen LogP contribution in [0.4, 0.5) is 4.79 Å². The Bertz CT molecular complexity index is 595. The predicted molar refractivity (Wildman–Crippen MR) is 81.1 cm³/mol. The number of nitrogens with zero attached hydrogens (tertiary/aromatic N) is 4. The molecular weight excluding hydrogens is 282 g/mol. The van der Waals surface area contributed by atoms with Crippen LogP contribution >= 0.6 is 0 Å². The van der Waals surface area contributed by atoms with E-state index < -0.39 is 5.54 Å². The number of hydrogen-bond donors (Lipinski definition) is 1. The van der Waals surface area contributed by atoms with Gasteiger partial charge in [0, 0.05) is 37.9 Å². The third kappa shape index (κ3) is 2.61. The molecule has 1 unspecified atom stereocenters. The fourth-order valence-corrected chi connectivity index (χ4v) is 3.33. The predicted octanol–water partition coefficient (Wildman–Crippen LogP) is 0.887. The Kier molecular flexibility index (Phi) is 3.68. The van der Waals surface area contributed by atoms with E-state index in [4.69, 9.17) is 0 Å². The summed E-state index contributed by atoms with van der Waals surface area (Å²) in [6.45, 7) is 5.61. The molecule has 7 heteroatoms. The molecule has 0 saturated carbocycles. The van der Waals surface area contributed by atoms with Crippen molar-refractivity contribution in [1.82, 2.24) is 24.9 Å². The molecule has 2 saturated heterocycles. The zero-order valence-corrected chi connectivity index (χ0v) is 13.4. The van der Waals surface area contributed by atoms with Crippen LogP contribution in [0.15, 0.2) is 12.4 Å². The molecule has 1 atom stereocenters. The van der Waals surface area contributed by atoms with Crippen molar-refractivity contribution >= 4 is 11.9 Å². The molecule has 1 aromatic rings. The van der Waals surface area contributed by atoms with Crippen molar-refractivity contribution in [3.8, 4) is 0 Å². The minimum absolute atomic E-state index is 0.144. The van der Waals surface area contributed by atoms with Gasteiger partial charge in [0.25, 0.3) is 5.91 Å². The molecule has 2 fully saturated rings. The number of carbonyl (C=O) groups is 2. The smallest absolute Gasteiger partial charge is 0.324 e. The molecule has 1 N–H and O–H groups in total. The fraction of sp³-hybridized carbons (Fsp3) is 0.667. The second-order valence-electron chi connectivity index (χ2n) is 6.65. The number of amides is 3. The molecule has 0 aromatic carbocycles. The largest absolute Gasteiger partial charge is 0.325 e. The summed E-state index contributed by atoms with van der Waals surface area (Å²) in [5.41, 5.74) is 0.419. The van der Waals surface area contributed by atoms with Gasteiger partial charge < -0.3 is 5.32 Å². The number of hydrogen-bond acceptors (Lipinski definition) is 4. The maximum atomic E-state index is 12.2. The van der Waals surface area contributed by atoms with Crippen LogP contribution in [0, 0.1) is 0 Å². The van der Waals surface area contributed by atoms with E-state index in [1.54, 1.807) is 13.8 Å². The maximum absolute atomic E-state index is 12.2. The molecule has 0 spiro atoms. The van der Waals surface area contributed by atoms with Crippen LogP contribution in [0.25, 0.3) is 0 Å². The normalized spacial score (nSPS) is 25.0. The summed E-state index contributed by atoms with van der Waals surface area (Å²) in [7, 11) is 1.91. The molecule has 7 nitrogen and oxygen atoms in total. The van der Waals surface area contributed by atoms with E-state index >= 15 is 0 Å². The van der Waals surface area contributed by atoms with E-state index in [0.717, 1.165) is 19.4 Å². The topological polar surface area (TPSA) is 70.5 Å². The maximum Gasteiger partial charge on any atom is 0.325 e. The van der Waals surface area contributed by atoms with Gasteiger partial charge in [0.2, 0.25) is 0 Å². The first-order chi connectivity index (χ1) is 10.4. The van der Waals surface area contributed by atoms with E-state index in [0.29, 0.717) is 19.1 Å². The van der Waals surface area contributed by atoms with Gasteiger partial charge in [0.05, 0.1) is 6.20 Å². The second-order valence-corrected chi connectivity index (χ2v) is 6.65. The Balaban J connectivity index is 1.64. The first kappa shape index (κ1) is 15.0. The lowest BCUT2D eigenvalue weighted by molar-refractivity contribution is -0.130. The third-order valence-corrected chi connectivity index (χ3v) is 4.53. The van der Waals surface area contributed by atoms with Crippen LogP contribution in [0.1, 0.15) is 38.3 Å². The van der Waals surface area contributed by atoms with Gasteiger partial charge in [-0.05, 0) is 33.2 Å². The summed E-state index contributed by atoms with van der Waals surface area (Å²) >= 11 is 0. The lowest BCUT2D eigenvalue weighted by Gasteiger charge is -2.25. The summed E-state index contributed by atoms with van der Waals surface area (Å²) in [4.78, 5) is 27.8. The van der Waals surface area contributed by atoms with Gasteiger partial charge in [0.1, 0.15) is 5.54 Å². The average molecular weight is 305 g/mol. The van der Waals surface area contributed by atoms with Crippen LogP contribution in [0.5, 0.6) is 0 Å². The Labute approximate surface area is 130 Å². The van der Waals surface area contributed by atoms with Gasteiger partial charge >= 0.3 is 6.03 Å². The van der Waals surface area contributed by atoms with Gasteiger partial charge in [0.15, 0.2) is 0 Å². The Morgan fingerprint density at radius 1 is 1.36 bits per heavy atom. The molecule has 1 aromatic heterocycles. The zero-order valence-electron chi connectivity index (χ0n) is 13.4. The molecular formula is C15H23N5O2. The SMILES string of the molecule is Cn1cc(C2CCCN2CCN2C(=O)NC(C)(C)C2=O)cn1. The van der Waals surface area contributed by atoms with Gasteiger partial charge in [-0.3, -0.25) is 19.3 Å². The quantitative estimate of drug-likeness (QED) is 0.839. The molecule has 22 heavy (non-hydrogen) atoms. The van der Waals surface area contributed by atoms with Gasteiger partial charge in [-0.25, -0.2) is 4.79 Å². The Morgan fingerprint density at radius 3 is 2.73 bits per heavy atom. The van der Waals surface area contributed by atoms with Crippen molar-refractivity contribution < 1.29 is 9.59 Å². The number of nitrogens with one attached hydrogen (secondary N) is 1. The summed E-state index contributed by atoms with van der Waals surface area (Å²) in [5, 5.41) is 6.96. The molecule has 0 radical (unpaired) electrons. The Hall–Kier alpha value is -1.89. The van der Waals surface area contributed by atoms with Crippen molar-refractivity contribution in [3.63, 3.8) is 0 Å². The minimum atomic E-state index is -0.787. The standard InChI is InChI=1S/C15H23N5O2/c1-15(2)13(21)20(14(22)17-15)8-7-19-6-4-5-12(19)11-9-16-18(3)10-11/h9-10,12H,4-8H2,1-3H3,(H,17,22). The highest BCUT2D eigenvalue weighted by Crippen LogP contribution is 2.31. The van der Waals surface area contributed by atoms with E-state index in [1.807, 2.05) is 24.1 Å². The van der Waals surface area contributed by atoms with Crippen LogP contribution in [0.3, 0.4) is 0 Å². The number of aryl methyl sites for hydroxylation is 1. The van der Waals surface area contributed by atoms with E-state index in [9.17, 15) is 9.59 Å². The number of carbonyl (C=O) groups excluding carboxylic acids is 2. The lowest BCUT2D eigenvalue weighted by Crippen LogP contribution is -2.41. The van der Waals surface area contributed by atoms with Crippen molar-refractivity contribution in [3.05, 3.63) is 18.0 Å². The minimum Gasteiger partial charge on any atom is -0.324 e. The first-order valence-corrected chi connectivity index (χ1v) is 7.75. The molecule has 0 bridgehead atoms. The third-order valence-electron chi connectivity index (χ3n) is 4.53. The van der Waals surface area contributed by atoms with Crippen LogP contribution < -0.4 is 5.32 Å². The molecule has 3 heterocycles. The number of aromatic nitrogens is 2. The van der Waals surface area contributed by atoms with Gasteiger partial charge in [-0.1, -0.05) is 0 Å². The number of rotatable bonds is 4. The zero-order chi connectivity index (χ0) is 15.9. The highest BCUT2D eigenvalue weighted by Gasteiger charge is 2.44. The molecule has 3 rings (SSSR count). The van der Waals surface area contributed by atoms with Crippen molar-refractivity contribution in [1.29, 1.82) is 0 Å². The number of likely N-dealkylation sites (tertiary alicyclic amines) is 1. The Morgan fingerprint density at radius 2 is 2.14 bits per heavy atom. The molecule has 2 aliphatic rings. The van der Waals surface area contributed by atoms with E-state index in [1.165, 1.54) is 10.5 Å². The number of imide groups is 1. The monoisotopic (exact) mass is 305 g/mol. The summed E-state index contributed by atoms with van der Waals surface area (Å²) in [5.74, 6) is -0.144. The van der Waals surface area contributed by atoms with Gasteiger partial charge in [-0.2, -0.15) is 5.10 Å². The molecule has 3 amide bonds. The fourth-order valence-electron chi connectivity index (χ4n) is 3.33. The van der Waals surface area contributed by atoms with Crippen LogP contribution in [0.2, 0.25) is 0 Å². The van der Waals surface area contributed by atoms with Crippen molar-refractivity contribution in [2.24, 2.45) is 7.05 Å². The summed E-state index contributed by atoms with van der Waals surface area (Å²) < 4.78 is 1.81. The van der Waals surface area contributed by atoms with Crippen LogP contribution in [-0.4, -0.2) is 56.7 Å². The summed E-state index contributed by atoms with van der Waals surface area (Å²) in [6.07, 6.45) is 6.17. The number of urea groups is 1. The lowest BCUT2D eigenvalue weighted by atomic mass is 10.1. The second kappa shape index (κ2) is 5.39. The summed E-state index contributed by atoms with van der Waals surface area (Å²) in [6, 6.07) is 0.0506. The van der Waals surface area contributed by atoms with Crippen LogP contribution in [-0.2, 0) is 11.8 Å². The molecule has 2 aliphatic heterocycles. The highest BCUT2D eigenvalue weighted by atomic mass is 16.2. The van der Waals surface area contributed by atoms with E-state index in [-0.39, 0.29) is 11.9 Å². The highest BCUT2D eigenvalue weighted by molar-refractivity contribution is 6.06. The van der Waals surface area contributed by atoms with Crippen molar-refractivity contribution in [2.75, 3.05) is 19.6 Å². The average Bonchev–Trinajstić information content (AvgIpc) is 3.10. The first-order valence-electron chi connectivity index (χ1n) is 7.75. The molecule has 120 valence electrons. The van der Waals surface area contributed by atoms with Gasteiger partial charge in [-0.15, -0.1) is 0 Å². The van der Waals surface area contributed by atoms with Crippen molar-refractivity contribution in [2.45, 2.75) is 38.3 Å².